The molecule has 0 saturated heterocycles. The van der Waals surface area contributed by atoms with Crippen LogP contribution in [0.4, 0.5) is 4.39 Å². The van der Waals surface area contributed by atoms with Gasteiger partial charge in [-0.2, -0.15) is 0 Å². The smallest absolute Gasteiger partial charge is 0.165 e. The largest absolute Gasteiger partial charge is 0.494 e. The van der Waals surface area contributed by atoms with Gasteiger partial charge in [-0.05, 0) is 30.3 Å². The third-order valence-electron chi connectivity index (χ3n) is 2.37. The normalized spacial score (nSPS) is 10.0. The van der Waals surface area contributed by atoms with Crippen LogP contribution in [0.5, 0.6) is 5.75 Å². The third-order valence-corrected chi connectivity index (χ3v) is 2.37. The first-order valence-corrected chi connectivity index (χ1v) is 4.99. The highest BCUT2D eigenvalue weighted by Gasteiger charge is 2.05. The van der Waals surface area contributed by atoms with Crippen molar-refractivity contribution in [3.05, 3.63) is 47.9 Å². The Balaban J connectivity index is 2.38. The number of halogens is 1. The number of benzene rings is 1. The molecule has 1 aromatic carbocycles. The molecule has 1 aromatic heterocycles. The monoisotopic (exact) mass is 231 g/mol. The molecule has 0 bridgehead atoms. The maximum absolute atomic E-state index is 13.5. The van der Waals surface area contributed by atoms with E-state index in [-0.39, 0.29) is 5.75 Å². The second-order valence-corrected chi connectivity index (χ2v) is 3.44. The first-order chi connectivity index (χ1) is 8.24. The van der Waals surface area contributed by atoms with Gasteiger partial charge in [0.25, 0.3) is 0 Å². The number of methoxy groups -OCH3 is 1. The number of aromatic nitrogens is 1. The molecule has 0 N–H and O–H groups in total. The van der Waals surface area contributed by atoms with Crippen molar-refractivity contribution < 1.29 is 13.9 Å². The Morgan fingerprint density at radius 3 is 2.65 bits per heavy atom. The number of carbonyl (C=O) groups is 1. The van der Waals surface area contributed by atoms with Crippen molar-refractivity contribution in [2.24, 2.45) is 0 Å². The van der Waals surface area contributed by atoms with Crippen LogP contribution >= 0.6 is 0 Å². The summed E-state index contributed by atoms with van der Waals surface area (Å²) in [5, 5.41) is 0. The van der Waals surface area contributed by atoms with Gasteiger partial charge in [0.05, 0.1) is 12.8 Å². The zero-order valence-electron chi connectivity index (χ0n) is 9.18. The molecule has 0 saturated carbocycles. The standard InChI is InChI=1S/C13H10FNO2/c1-17-13-5-3-10(6-11(13)14)12-4-2-9(8-16)7-15-12/h2-8H,1H3. The van der Waals surface area contributed by atoms with Gasteiger partial charge >= 0.3 is 0 Å². The first kappa shape index (κ1) is 11.3. The van der Waals surface area contributed by atoms with E-state index in [9.17, 15) is 9.18 Å². The Bertz CT molecular complexity index is 538. The number of hydrogen-bond donors (Lipinski definition) is 0. The molecule has 0 radical (unpaired) electrons. The molecule has 0 atom stereocenters. The average Bonchev–Trinajstić information content (AvgIpc) is 2.39. The van der Waals surface area contributed by atoms with Gasteiger partial charge in [-0.15, -0.1) is 0 Å². The molecule has 0 aliphatic heterocycles. The van der Waals surface area contributed by atoms with Gasteiger partial charge in [0, 0.05) is 17.3 Å². The van der Waals surface area contributed by atoms with Crippen LogP contribution in [0, 0.1) is 5.82 Å². The van der Waals surface area contributed by atoms with Gasteiger partial charge < -0.3 is 4.74 Å². The second-order valence-electron chi connectivity index (χ2n) is 3.44. The molecule has 0 amide bonds. The SMILES string of the molecule is COc1ccc(-c2ccc(C=O)cn2)cc1F. The molecule has 0 aliphatic carbocycles. The zero-order chi connectivity index (χ0) is 12.3. The van der Waals surface area contributed by atoms with Crippen molar-refractivity contribution in [2.75, 3.05) is 7.11 Å². The van der Waals surface area contributed by atoms with Gasteiger partial charge in [0.15, 0.2) is 17.9 Å². The first-order valence-electron chi connectivity index (χ1n) is 4.99. The molecular formula is C13H10FNO2. The summed E-state index contributed by atoms with van der Waals surface area (Å²) in [6.45, 7) is 0. The van der Waals surface area contributed by atoms with E-state index in [1.54, 1.807) is 24.3 Å². The summed E-state index contributed by atoms with van der Waals surface area (Å²) in [5.41, 5.74) is 1.74. The number of hydrogen-bond acceptors (Lipinski definition) is 3. The lowest BCUT2D eigenvalue weighted by Gasteiger charge is -2.04. The van der Waals surface area contributed by atoms with Crippen LogP contribution in [-0.2, 0) is 0 Å². The maximum Gasteiger partial charge on any atom is 0.165 e. The Labute approximate surface area is 97.9 Å². The van der Waals surface area contributed by atoms with Crippen molar-refractivity contribution >= 4 is 6.29 Å². The summed E-state index contributed by atoms with van der Waals surface area (Å²) in [6.07, 6.45) is 2.16. The molecule has 0 spiro atoms. The summed E-state index contributed by atoms with van der Waals surface area (Å²) < 4.78 is 18.3. The van der Waals surface area contributed by atoms with Crippen molar-refractivity contribution in [3.63, 3.8) is 0 Å². The molecule has 1 heterocycles. The summed E-state index contributed by atoms with van der Waals surface area (Å²) in [6, 6.07) is 7.91. The Kier molecular flexibility index (Phi) is 3.14. The highest BCUT2D eigenvalue weighted by molar-refractivity contribution is 5.75. The molecule has 0 aliphatic rings. The lowest BCUT2D eigenvalue weighted by Crippen LogP contribution is -1.90. The molecule has 4 heteroatoms. The van der Waals surface area contributed by atoms with Crippen molar-refractivity contribution in [1.82, 2.24) is 4.98 Å². The minimum atomic E-state index is -0.439. The Morgan fingerprint density at radius 2 is 2.12 bits per heavy atom. The van der Waals surface area contributed by atoms with E-state index >= 15 is 0 Å². The quantitative estimate of drug-likeness (QED) is 0.762. The van der Waals surface area contributed by atoms with E-state index < -0.39 is 5.82 Å². The molecule has 2 rings (SSSR count). The summed E-state index contributed by atoms with van der Waals surface area (Å²) >= 11 is 0. The van der Waals surface area contributed by atoms with Crippen molar-refractivity contribution in [3.8, 4) is 17.0 Å². The molecule has 3 nitrogen and oxygen atoms in total. The fraction of sp³-hybridized carbons (Fsp3) is 0.0769. The topological polar surface area (TPSA) is 39.2 Å². The third kappa shape index (κ3) is 2.30. The number of carbonyl (C=O) groups excluding carboxylic acids is 1. The van der Waals surface area contributed by atoms with Crippen LogP contribution in [0.1, 0.15) is 10.4 Å². The highest BCUT2D eigenvalue weighted by atomic mass is 19.1. The molecule has 0 fully saturated rings. The van der Waals surface area contributed by atoms with Crippen LogP contribution in [0.15, 0.2) is 36.5 Å². The number of ether oxygens (including phenoxy) is 1. The fourth-order valence-corrected chi connectivity index (χ4v) is 1.47. The van der Waals surface area contributed by atoms with Crippen LogP contribution in [0.3, 0.4) is 0 Å². The number of pyridine rings is 1. The predicted molar refractivity (Wildman–Crippen MR) is 61.6 cm³/mol. The maximum atomic E-state index is 13.5. The summed E-state index contributed by atoms with van der Waals surface area (Å²) in [4.78, 5) is 14.6. The Hall–Kier alpha value is -2.23. The summed E-state index contributed by atoms with van der Waals surface area (Å²) in [5.74, 6) is -0.246. The lowest BCUT2D eigenvalue weighted by molar-refractivity contribution is 0.112. The highest BCUT2D eigenvalue weighted by Crippen LogP contribution is 2.23. The number of aldehydes is 1. The van der Waals surface area contributed by atoms with Crippen molar-refractivity contribution in [1.29, 1.82) is 0 Å². The van der Waals surface area contributed by atoms with E-state index in [0.717, 1.165) is 0 Å². The van der Waals surface area contributed by atoms with Gasteiger partial charge in [0.2, 0.25) is 0 Å². The average molecular weight is 231 g/mol. The minimum Gasteiger partial charge on any atom is -0.494 e. The van der Waals surface area contributed by atoms with E-state index in [4.69, 9.17) is 4.74 Å². The van der Waals surface area contributed by atoms with E-state index in [2.05, 4.69) is 4.98 Å². The number of rotatable bonds is 3. The van der Waals surface area contributed by atoms with E-state index in [0.29, 0.717) is 23.1 Å². The minimum absolute atomic E-state index is 0.193. The molecule has 0 unspecified atom stereocenters. The molecule has 17 heavy (non-hydrogen) atoms. The zero-order valence-corrected chi connectivity index (χ0v) is 9.18. The van der Waals surface area contributed by atoms with Crippen LogP contribution < -0.4 is 4.74 Å². The van der Waals surface area contributed by atoms with E-state index in [1.807, 2.05) is 0 Å². The van der Waals surface area contributed by atoms with Crippen LogP contribution in [-0.4, -0.2) is 18.4 Å². The predicted octanol–water partition coefficient (Wildman–Crippen LogP) is 2.71. The van der Waals surface area contributed by atoms with Crippen LogP contribution in [0.2, 0.25) is 0 Å². The van der Waals surface area contributed by atoms with Gasteiger partial charge in [-0.25, -0.2) is 4.39 Å². The lowest BCUT2D eigenvalue weighted by atomic mass is 10.1. The fourth-order valence-electron chi connectivity index (χ4n) is 1.47. The van der Waals surface area contributed by atoms with Gasteiger partial charge in [-0.3, -0.25) is 9.78 Å². The molecular weight excluding hydrogens is 221 g/mol. The molecule has 86 valence electrons. The van der Waals surface area contributed by atoms with Crippen LogP contribution in [0.25, 0.3) is 11.3 Å². The van der Waals surface area contributed by atoms with Gasteiger partial charge in [-0.1, -0.05) is 0 Å². The van der Waals surface area contributed by atoms with Crippen molar-refractivity contribution in [2.45, 2.75) is 0 Å². The second kappa shape index (κ2) is 4.74. The number of nitrogens with zero attached hydrogens (tertiary/aromatic N) is 1. The molecule has 2 aromatic rings. The van der Waals surface area contributed by atoms with Gasteiger partial charge in [0.1, 0.15) is 0 Å². The summed E-state index contributed by atoms with van der Waals surface area (Å²) in [7, 11) is 1.41. The Morgan fingerprint density at radius 1 is 1.29 bits per heavy atom. The van der Waals surface area contributed by atoms with E-state index in [1.165, 1.54) is 19.4 Å².